The summed E-state index contributed by atoms with van der Waals surface area (Å²) in [6.07, 6.45) is 2.31. The number of hydrogen-bond acceptors (Lipinski definition) is 2. The topological polar surface area (TPSA) is 17.4 Å². The Labute approximate surface area is 109 Å². The summed E-state index contributed by atoms with van der Waals surface area (Å²) in [5.74, 6) is 0.924. The van der Waals surface area contributed by atoms with E-state index in [2.05, 4.69) is 48.8 Å². The molecule has 1 heterocycles. The molecular formula is C15H22N2O. The van der Waals surface area contributed by atoms with Gasteiger partial charge in [-0.1, -0.05) is 0 Å². The predicted molar refractivity (Wildman–Crippen MR) is 76.3 cm³/mol. The van der Waals surface area contributed by atoms with E-state index in [0.29, 0.717) is 0 Å². The zero-order valence-electron chi connectivity index (χ0n) is 11.7. The first-order valence-electron chi connectivity index (χ1n) is 6.39. The van der Waals surface area contributed by atoms with Crippen LogP contribution in [0.2, 0.25) is 0 Å². The molecule has 0 spiro atoms. The largest absolute Gasteiger partial charge is 0.497 e. The lowest BCUT2D eigenvalue weighted by Crippen LogP contribution is -2.14. The van der Waals surface area contributed by atoms with Crippen molar-refractivity contribution in [3.8, 4) is 5.75 Å². The Bertz CT molecular complexity index is 529. The third-order valence-corrected chi connectivity index (χ3v) is 3.39. The molecule has 18 heavy (non-hydrogen) atoms. The van der Waals surface area contributed by atoms with E-state index < -0.39 is 0 Å². The first kappa shape index (κ1) is 13.0. The Hall–Kier alpha value is -1.48. The third-order valence-electron chi connectivity index (χ3n) is 3.39. The molecule has 0 N–H and O–H groups in total. The summed E-state index contributed by atoms with van der Waals surface area (Å²) in [5.41, 5.74) is 2.66. The minimum atomic E-state index is 0.924. The quantitative estimate of drug-likeness (QED) is 0.807. The van der Waals surface area contributed by atoms with E-state index in [9.17, 15) is 0 Å². The molecule has 2 rings (SSSR count). The van der Waals surface area contributed by atoms with Crippen molar-refractivity contribution in [2.24, 2.45) is 7.05 Å². The number of hydrogen-bond donors (Lipinski definition) is 0. The Balaban J connectivity index is 2.21. The van der Waals surface area contributed by atoms with Crippen molar-refractivity contribution < 1.29 is 4.74 Å². The van der Waals surface area contributed by atoms with Gasteiger partial charge in [0.2, 0.25) is 0 Å². The highest BCUT2D eigenvalue weighted by molar-refractivity contribution is 5.82. The second-order valence-corrected chi connectivity index (χ2v) is 5.03. The summed E-state index contributed by atoms with van der Waals surface area (Å²) >= 11 is 0. The maximum atomic E-state index is 5.27. The smallest absolute Gasteiger partial charge is 0.119 e. The van der Waals surface area contributed by atoms with Crippen LogP contribution in [0.5, 0.6) is 5.75 Å². The first-order valence-corrected chi connectivity index (χ1v) is 6.39. The number of rotatable bonds is 5. The fourth-order valence-corrected chi connectivity index (χ4v) is 2.33. The molecule has 0 amide bonds. The lowest BCUT2D eigenvalue weighted by molar-refractivity contribution is 0.399. The second kappa shape index (κ2) is 5.44. The molecule has 0 fully saturated rings. The number of aryl methyl sites for hydroxylation is 2. The molecule has 0 aliphatic heterocycles. The number of fused-ring (bicyclic) bond motifs is 1. The highest BCUT2D eigenvalue weighted by Crippen LogP contribution is 2.24. The lowest BCUT2D eigenvalue weighted by atomic mass is 10.2. The van der Waals surface area contributed by atoms with E-state index in [-0.39, 0.29) is 0 Å². The molecule has 3 nitrogen and oxygen atoms in total. The summed E-state index contributed by atoms with van der Waals surface area (Å²) in [5, 5.41) is 1.26. The molecule has 0 radical (unpaired) electrons. The first-order chi connectivity index (χ1) is 8.61. The van der Waals surface area contributed by atoms with Crippen LogP contribution < -0.4 is 4.74 Å². The molecule has 0 atom stereocenters. The van der Waals surface area contributed by atoms with Crippen molar-refractivity contribution >= 4 is 10.9 Å². The maximum absolute atomic E-state index is 5.27. The molecule has 3 heteroatoms. The van der Waals surface area contributed by atoms with Crippen LogP contribution in [-0.4, -0.2) is 37.2 Å². The summed E-state index contributed by atoms with van der Waals surface area (Å²) in [7, 11) is 8.08. The van der Waals surface area contributed by atoms with Crippen LogP contribution in [0.25, 0.3) is 10.9 Å². The molecule has 1 aromatic heterocycles. The third kappa shape index (κ3) is 2.67. The SMILES string of the molecule is COc1ccc2c(c1)cc(CCCN(C)C)n2C. The van der Waals surface area contributed by atoms with Crippen LogP contribution in [0, 0.1) is 0 Å². The van der Waals surface area contributed by atoms with Gasteiger partial charge in [-0.05, 0) is 57.7 Å². The molecule has 0 saturated carbocycles. The van der Waals surface area contributed by atoms with Crippen molar-refractivity contribution in [3.63, 3.8) is 0 Å². The summed E-state index contributed by atoms with van der Waals surface area (Å²) < 4.78 is 7.55. The van der Waals surface area contributed by atoms with Gasteiger partial charge in [-0.15, -0.1) is 0 Å². The summed E-state index contributed by atoms with van der Waals surface area (Å²) in [6.45, 7) is 1.13. The summed E-state index contributed by atoms with van der Waals surface area (Å²) in [6, 6.07) is 8.52. The molecule has 0 aliphatic carbocycles. The average Bonchev–Trinajstić information content (AvgIpc) is 2.65. The standard InChI is InChI=1S/C15H22N2O/c1-16(2)9-5-6-13-10-12-11-14(18-4)7-8-15(12)17(13)3/h7-8,10-11H,5-6,9H2,1-4H3. The second-order valence-electron chi connectivity index (χ2n) is 5.03. The molecule has 0 unspecified atom stereocenters. The van der Waals surface area contributed by atoms with Gasteiger partial charge in [0.1, 0.15) is 5.75 Å². The molecule has 98 valence electrons. The van der Waals surface area contributed by atoms with Crippen LogP contribution in [-0.2, 0) is 13.5 Å². The van der Waals surface area contributed by atoms with Gasteiger partial charge in [0.15, 0.2) is 0 Å². The molecule has 2 aromatic rings. The van der Waals surface area contributed by atoms with Crippen molar-refractivity contribution in [1.82, 2.24) is 9.47 Å². The number of benzene rings is 1. The Morgan fingerprint density at radius 3 is 2.67 bits per heavy atom. The van der Waals surface area contributed by atoms with Gasteiger partial charge in [0, 0.05) is 23.6 Å². The molecule has 1 aromatic carbocycles. The zero-order valence-corrected chi connectivity index (χ0v) is 11.7. The maximum Gasteiger partial charge on any atom is 0.119 e. The molecule has 0 aliphatic rings. The van der Waals surface area contributed by atoms with Crippen molar-refractivity contribution in [1.29, 1.82) is 0 Å². The fourth-order valence-electron chi connectivity index (χ4n) is 2.33. The Morgan fingerprint density at radius 2 is 2.00 bits per heavy atom. The van der Waals surface area contributed by atoms with Crippen LogP contribution >= 0.6 is 0 Å². The molecule has 0 saturated heterocycles. The highest BCUT2D eigenvalue weighted by atomic mass is 16.5. The van der Waals surface area contributed by atoms with Gasteiger partial charge in [-0.25, -0.2) is 0 Å². The van der Waals surface area contributed by atoms with E-state index in [1.165, 1.54) is 23.0 Å². The molecular weight excluding hydrogens is 224 g/mol. The van der Waals surface area contributed by atoms with E-state index >= 15 is 0 Å². The van der Waals surface area contributed by atoms with Crippen LogP contribution in [0.1, 0.15) is 12.1 Å². The van der Waals surface area contributed by atoms with Gasteiger partial charge in [-0.2, -0.15) is 0 Å². The monoisotopic (exact) mass is 246 g/mol. The average molecular weight is 246 g/mol. The van der Waals surface area contributed by atoms with Gasteiger partial charge in [0.25, 0.3) is 0 Å². The van der Waals surface area contributed by atoms with Gasteiger partial charge >= 0.3 is 0 Å². The van der Waals surface area contributed by atoms with E-state index in [0.717, 1.165) is 18.7 Å². The van der Waals surface area contributed by atoms with E-state index in [1.54, 1.807) is 7.11 Å². The number of aromatic nitrogens is 1. The van der Waals surface area contributed by atoms with Crippen molar-refractivity contribution in [2.75, 3.05) is 27.7 Å². The van der Waals surface area contributed by atoms with Crippen LogP contribution in [0.15, 0.2) is 24.3 Å². The van der Waals surface area contributed by atoms with Crippen LogP contribution in [0.4, 0.5) is 0 Å². The number of nitrogens with zero attached hydrogens (tertiary/aromatic N) is 2. The lowest BCUT2D eigenvalue weighted by Gasteiger charge is -2.09. The van der Waals surface area contributed by atoms with Gasteiger partial charge in [0.05, 0.1) is 7.11 Å². The summed E-state index contributed by atoms with van der Waals surface area (Å²) in [4.78, 5) is 2.23. The number of methoxy groups -OCH3 is 1. The zero-order chi connectivity index (χ0) is 13.1. The minimum absolute atomic E-state index is 0.924. The van der Waals surface area contributed by atoms with Gasteiger partial charge < -0.3 is 14.2 Å². The molecule has 0 bridgehead atoms. The van der Waals surface area contributed by atoms with Gasteiger partial charge in [-0.3, -0.25) is 0 Å². The van der Waals surface area contributed by atoms with Crippen molar-refractivity contribution in [3.05, 3.63) is 30.0 Å². The fraction of sp³-hybridized carbons (Fsp3) is 0.467. The normalized spacial score (nSPS) is 11.4. The van der Waals surface area contributed by atoms with Crippen LogP contribution in [0.3, 0.4) is 0 Å². The minimum Gasteiger partial charge on any atom is -0.497 e. The van der Waals surface area contributed by atoms with E-state index in [4.69, 9.17) is 4.74 Å². The predicted octanol–water partition coefficient (Wildman–Crippen LogP) is 2.68. The van der Waals surface area contributed by atoms with E-state index in [1.807, 2.05) is 6.07 Å². The Kier molecular flexibility index (Phi) is 3.92. The highest BCUT2D eigenvalue weighted by Gasteiger charge is 2.06. The number of ether oxygens (including phenoxy) is 1. The van der Waals surface area contributed by atoms with Crippen molar-refractivity contribution in [2.45, 2.75) is 12.8 Å². The Morgan fingerprint density at radius 1 is 1.22 bits per heavy atom.